The van der Waals surface area contributed by atoms with E-state index in [-0.39, 0.29) is 17.9 Å². The SMILES string of the molecule is Cc1ccc(S(=O)(=O)N2Cc3ccccc3C[C@H]2C(=O)Nc2ccccc2C(F)(F)F)cc1. The fraction of sp³-hybridized carbons (Fsp3) is 0.208. The molecular weight excluding hydrogens is 453 g/mol. The summed E-state index contributed by atoms with van der Waals surface area (Å²) in [4.78, 5) is 13.2. The molecule has 1 heterocycles. The van der Waals surface area contributed by atoms with Crippen LogP contribution in [-0.4, -0.2) is 24.7 Å². The van der Waals surface area contributed by atoms with Crippen molar-refractivity contribution in [3.63, 3.8) is 0 Å². The molecule has 1 amide bonds. The van der Waals surface area contributed by atoms with Crippen LogP contribution >= 0.6 is 0 Å². The molecule has 172 valence electrons. The van der Waals surface area contributed by atoms with Gasteiger partial charge in [-0.1, -0.05) is 54.1 Å². The van der Waals surface area contributed by atoms with E-state index in [1.54, 1.807) is 36.4 Å². The highest BCUT2D eigenvalue weighted by molar-refractivity contribution is 7.89. The molecule has 0 saturated heterocycles. The number of para-hydroxylation sites is 1. The van der Waals surface area contributed by atoms with Crippen molar-refractivity contribution in [2.24, 2.45) is 0 Å². The lowest BCUT2D eigenvalue weighted by Crippen LogP contribution is -2.50. The molecule has 0 aromatic heterocycles. The number of hydrogen-bond donors (Lipinski definition) is 1. The highest BCUT2D eigenvalue weighted by Gasteiger charge is 2.40. The molecule has 0 bridgehead atoms. The number of benzene rings is 3. The first-order valence-electron chi connectivity index (χ1n) is 10.2. The molecule has 5 nitrogen and oxygen atoms in total. The van der Waals surface area contributed by atoms with Crippen molar-refractivity contribution in [1.29, 1.82) is 0 Å². The fourth-order valence-corrected chi connectivity index (χ4v) is 5.44. The summed E-state index contributed by atoms with van der Waals surface area (Å²) in [6.07, 6.45) is -4.63. The van der Waals surface area contributed by atoms with Crippen molar-refractivity contribution in [2.45, 2.75) is 37.0 Å². The second kappa shape index (κ2) is 8.64. The maximum Gasteiger partial charge on any atom is 0.418 e. The van der Waals surface area contributed by atoms with E-state index < -0.39 is 39.4 Å². The lowest BCUT2D eigenvalue weighted by Gasteiger charge is -2.35. The summed E-state index contributed by atoms with van der Waals surface area (Å²) in [5.41, 5.74) is 0.977. The Morgan fingerprint density at radius 3 is 2.21 bits per heavy atom. The van der Waals surface area contributed by atoms with Crippen LogP contribution in [0.2, 0.25) is 0 Å². The third kappa shape index (κ3) is 4.65. The van der Waals surface area contributed by atoms with E-state index >= 15 is 0 Å². The zero-order valence-corrected chi connectivity index (χ0v) is 18.5. The first-order valence-corrected chi connectivity index (χ1v) is 11.6. The van der Waals surface area contributed by atoms with Crippen molar-refractivity contribution in [1.82, 2.24) is 4.31 Å². The predicted octanol–water partition coefficient (Wildman–Crippen LogP) is 4.77. The lowest BCUT2D eigenvalue weighted by molar-refractivity contribution is -0.137. The minimum absolute atomic E-state index is 0.0148. The number of halogens is 3. The van der Waals surface area contributed by atoms with Crippen LogP contribution < -0.4 is 5.32 Å². The number of rotatable bonds is 4. The van der Waals surface area contributed by atoms with Crippen LogP contribution in [0, 0.1) is 6.92 Å². The van der Waals surface area contributed by atoms with Crippen LogP contribution in [0.4, 0.5) is 18.9 Å². The van der Waals surface area contributed by atoms with Gasteiger partial charge in [0.15, 0.2) is 0 Å². The topological polar surface area (TPSA) is 66.5 Å². The summed E-state index contributed by atoms with van der Waals surface area (Å²) in [6, 6.07) is 16.7. The zero-order valence-electron chi connectivity index (χ0n) is 17.6. The minimum atomic E-state index is -4.67. The zero-order chi connectivity index (χ0) is 23.8. The smallest absolute Gasteiger partial charge is 0.324 e. The Bertz CT molecular complexity index is 1290. The van der Waals surface area contributed by atoms with Crippen LogP contribution in [0.15, 0.2) is 77.7 Å². The van der Waals surface area contributed by atoms with Crippen LogP contribution in [0.3, 0.4) is 0 Å². The van der Waals surface area contributed by atoms with Crippen LogP contribution in [0.5, 0.6) is 0 Å². The maximum atomic E-state index is 13.5. The van der Waals surface area contributed by atoms with E-state index in [4.69, 9.17) is 0 Å². The van der Waals surface area contributed by atoms with E-state index in [0.29, 0.717) is 0 Å². The standard InChI is InChI=1S/C24H21F3N2O3S/c1-16-10-12-19(13-11-16)33(31,32)29-15-18-7-3-2-6-17(18)14-22(29)23(30)28-21-9-5-4-8-20(21)24(25,26)27/h2-13,22H,14-15H2,1H3,(H,28,30)/t22-/m0/s1. The van der Waals surface area contributed by atoms with Gasteiger partial charge < -0.3 is 5.32 Å². The summed E-state index contributed by atoms with van der Waals surface area (Å²) in [7, 11) is -4.10. The van der Waals surface area contributed by atoms with Gasteiger partial charge in [0.2, 0.25) is 15.9 Å². The van der Waals surface area contributed by atoms with Gasteiger partial charge in [-0.05, 0) is 48.7 Å². The number of nitrogens with one attached hydrogen (secondary N) is 1. The van der Waals surface area contributed by atoms with E-state index in [1.165, 1.54) is 24.3 Å². The molecule has 0 saturated carbocycles. The molecule has 1 aliphatic heterocycles. The van der Waals surface area contributed by atoms with Crippen molar-refractivity contribution in [2.75, 3.05) is 5.32 Å². The summed E-state index contributed by atoms with van der Waals surface area (Å²) in [5.74, 6) is -0.822. The van der Waals surface area contributed by atoms with Crippen LogP contribution in [0.25, 0.3) is 0 Å². The minimum Gasteiger partial charge on any atom is -0.324 e. The predicted molar refractivity (Wildman–Crippen MR) is 118 cm³/mol. The molecule has 0 fully saturated rings. The Hall–Kier alpha value is -3.17. The van der Waals surface area contributed by atoms with Crippen LogP contribution in [-0.2, 0) is 34.0 Å². The number of anilines is 1. The Kier molecular flexibility index (Phi) is 6.02. The average Bonchev–Trinajstić information content (AvgIpc) is 2.78. The molecular formula is C24H21F3N2O3S. The van der Waals surface area contributed by atoms with Gasteiger partial charge in [0.25, 0.3) is 0 Å². The summed E-state index contributed by atoms with van der Waals surface area (Å²) in [6.45, 7) is 1.76. The van der Waals surface area contributed by atoms with Crippen molar-refractivity contribution < 1.29 is 26.4 Å². The van der Waals surface area contributed by atoms with Gasteiger partial charge in [-0.25, -0.2) is 8.42 Å². The number of carbonyl (C=O) groups is 1. The lowest BCUT2D eigenvalue weighted by atomic mass is 9.95. The molecule has 9 heteroatoms. The number of sulfonamides is 1. The molecule has 1 aliphatic rings. The molecule has 4 rings (SSSR count). The Balaban J connectivity index is 1.73. The van der Waals surface area contributed by atoms with Crippen molar-refractivity contribution in [3.8, 4) is 0 Å². The Morgan fingerprint density at radius 1 is 0.939 bits per heavy atom. The number of amides is 1. The van der Waals surface area contributed by atoms with Gasteiger partial charge in [0.1, 0.15) is 6.04 Å². The first kappa shape index (κ1) is 23.0. The molecule has 0 unspecified atom stereocenters. The van der Waals surface area contributed by atoms with Crippen molar-refractivity contribution in [3.05, 3.63) is 95.1 Å². The molecule has 3 aromatic rings. The average molecular weight is 475 g/mol. The van der Waals surface area contributed by atoms with E-state index in [0.717, 1.165) is 33.1 Å². The fourth-order valence-electron chi connectivity index (χ4n) is 3.88. The van der Waals surface area contributed by atoms with Gasteiger partial charge in [-0.3, -0.25) is 4.79 Å². The molecule has 0 spiro atoms. The normalized spacial score (nSPS) is 16.8. The van der Waals surface area contributed by atoms with E-state index in [9.17, 15) is 26.4 Å². The quantitative estimate of drug-likeness (QED) is 0.593. The van der Waals surface area contributed by atoms with Gasteiger partial charge >= 0.3 is 6.18 Å². The largest absolute Gasteiger partial charge is 0.418 e. The van der Waals surface area contributed by atoms with E-state index in [1.807, 2.05) is 6.92 Å². The third-order valence-corrected chi connectivity index (χ3v) is 7.49. The molecule has 1 N–H and O–H groups in total. The Labute approximate surface area is 189 Å². The summed E-state index contributed by atoms with van der Waals surface area (Å²) in [5, 5.41) is 2.32. The molecule has 0 radical (unpaired) electrons. The third-order valence-electron chi connectivity index (χ3n) is 5.63. The van der Waals surface area contributed by atoms with E-state index in [2.05, 4.69) is 5.32 Å². The highest BCUT2D eigenvalue weighted by Crippen LogP contribution is 2.35. The maximum absolute atomic E-state index is 13.5. The van der Waals surface area contributed by atoms with Crippen molar-refractivity contribution >= 4 is 21.6 Å². The molecule has 1 atom stereocenters. The second-order valence-electron chi connectivity index (χ2n) is 7.88. The number of alkyl halides is 3. The van der Waals surface area contributed by atoms with Gasteiger partial charge in [0.05, 0.1) is 16.1 Å². The number of carbonyl (C=O) groups excluding carboxylic acids is 1. The number of fused-ring (bicyclic) bond motifs is 1. The second-order valence-corrected chi connectivity index (χ2v) is 9.78. The number of nitrogens with zero attached hydrogens (tertiary/aromatic N) is 1. The monoisotopic (exact) mass is 474 g/mol. The summed E-state index contributed by atoms with van der Waals surface area (Å²) < 4.78 is 68.2. The highest BCUT2D eigenvalue weighted by atomic mass is 32.2. The van der Waals surface area contributed by atoms with Gasteiger partial charge in [-0.2, -0.15) is 17.5 Å². The molecule has 33 heavy (non-hydrogen) atoms. The molecule has 3 aromatic carbocycles. The number of aryl methyl sites for hydroxylation is 1. The first-order chi connectivity index (χ1) is 15.6. The molecule has 0 aliphatic carbocycles. The number of hydrogen-bond acceptors (Lipinski definition) is 3. The Morgan fingerprint density at radius 2 is 1.55 bits per heavy atom. The van der Waals surface area contributed by atoms with Crippen LogP contribution in [0.1, 0.15) is 22.3 Å². The van der Waals surface area contributed by atoms with Gasteiger partial charge in [0, 0.05) is 6.54 Å². The van der Waals surface area contributed by atoms with Gasteiger partial charge in [-0.15, -0.1) is 0 Å². The summed E-state index contributed by atoms with van der Waals surface area (Å²) >= 11 is 0.